The van der Waals surface area contributed by atoms with Gasteiger partial charge in [-0.05, 0) is 12.1 Å². The summed E-state index contributed by atoms with van der Waals surface area (Å²) in [7, 11) is 0. The summed E-state index contributed by atoms with van der Waals surface area (Å²) in [5.41, 5.74) is 1.44. The predicted molar refractivity (Wildman–Crippen MR) is 71.8 cm³/mol. The van der Waals surface area contributed by atoms with E-state index in [0.717, 1.165) is 0 Å². The van der Waals surface area contributed by atoms with Crippen LogP contribution in [0.2, 0.25) is 0 Å². The first-order valence-corrected chi connectivity index (χ1v) is 6.11. The molecule has 0 aromatic carbocycles. The van der Waals surface area contributed by atoms with Crippen LogP contribution in [-0.4, -0.2) is 35.5 Å². The molecule has 0 aliphatic heterocycles. The van der Waals surface area contributed by atoms with Crippen molar-refractivity contribution in [2.45, 2.75) is 0 Å². The van der Waals surface area contributed by atoms with Crippen molar-refractivity contribution in [2.24, 2.45) is 0 Å². The molecule has 21 heavy (non-hydrogen) atoms. The van der Waals surface area contributed by atoms with Crippen molar-refractivity contribution in [3.05, 3.63) is 48.8 Å². The fourth-order valence-corrected chi connectivity index (χ4v) is 2.02. The maximum Gasteiger partial charge on any atom is 0.361 e. The van der Waals surface area contributed by atoms with Crippen LogP contribution in [0.4, 0.5) is 0 Å². The molecule has 0 atom stereocenters. The summed E-state index contributed by atoms with van der Waals surface area (Å²) >= 11 is 0. The monoisotopic (exact) mass is 280 g/mol. The summed E-state index contributed by atoms with van der Waals surface area (Å²) < 4.78 is 6.70. The lowest BCUT2D eigenvalue weighted by molar-refractivity contribution is 0.0722. The standard InChI is InChI=1S/C13H8N6O2/c20-13(21-10-3-1-2-4-14-10)9-5-8-11(18-9)16-7-19-12(8)15-6-17-19/h1-7,18H. The van der Waals surface area contributed by atoms with Crippen LogP contribution in [0.25, 0.3) is 16.7 Å². The van der Waals surface area contributed by atoms with Gasteiger partial charge < -0.3 is 9.72 Å². The van der Waals surface area contributed by atoms with E-state index in [4.69, 9.17) is 4.74 Å². The van der Waals surface area contributed by atoms with Crippen molar-refractivity contribution in [3.63, 3.8) is 0 Å². The lowest BCUT2D eigenvalue weighted by Gasteiger charge is -1.99. The number of H-pyrrole nitrogens is 1. The lowest BCUT2D eigenvalue weighted by atomic mass is 10.3. The molecule has 0 saturated heterocycles. The second kappa shape index (κ2) is 4.37. The second-order valence-electron chi connectivity index (χ2n) is 4.28. The van der Waals surface area contributed by atoms with E-state index in [1.54, 1.807) is 30.5 Å². The van der Waals surface area contributed by atoms with Crippen LogP contribution in [0.1, 0.15) is 10.5 Å². The molecule has 0 aliphatic rings. The molecule has 0 amide bonds. The Balaban J connectivity index is 1.74. The summed E-state index contributed by atoms with van der Waals surface area (Å²) in [6, 6.07) is 6.72. The average molecular weight is 280 g/mol. The Morgan fingerprint density at radius 2 is 2.19 bits per heavy atom. The Hall–Kier alpha value is -3.29. The maximum absolute atomic E-state index is 12.1. The first kappa shape index (κ1) is 11.5. The van der Waals surface area contributed by atoms with Gasteiger partial charge in [-0.3, -0.25) is 0 Å². The first-order valence-electron chi connectivity index (χ1n) is 6.11. The van der Waals surface area contributed by atoms with E-state index in [-0.39, 0.29) is 11.6 Å². The molecule has 0 unspecified atom stereocenters. The van der Waals surface area contributed by atoms with Gasteiger partial charge in [-0.25, -0.2) is 24.3 Å². The van der Waals surface area contributed by atoms with Crippen molar-refractivity contribution in [1.82, 2.24) is 29.5 Å². The average Bonchev–Trinajstić information content (AvgIpc) is 3.14. The number of esters is 1. The lowest BCUT2D eigenvalue weighted by Crippen LogP contribution is -2.09. The van der Waals surface area contributed by atoms with Gasteiger partial charge in [0.25, 0.3) is 0 Å². The molecule has 0 saturated carbocycles. The SMILES string of the molecule is O=C(Oc1ccccn1)c1cc2c(ncn3ncnc23)[nH]1. The zero-order valence-corrected chi connectivity index (χ0v) is 10.6. The summed E-state index contributed by atoms with van der Waals surface area (Å²) in [6.07, 6.45) is 4.50. The molecule has 1 N–H and O–H groups in total. The molecule has 102 valence electrons. The molecule has 0 bridgehead atoms. The minimum absolute atomic E-state index is 0.238. The van der Waals surface area contributed by atoms with E-state index in [9.17, 15) is 4.79 Å². The number of carbonyl (C=O) groups excluding carboxylic acids is 1. The third-order valence-corrected chi connectivity index (χ3v) is 2.96. The van der Waals surface area contributed by atoms with Gasteiger partial charge >= 0.3 is 5.97 Å². The molecule has 4 aromatic heterocycles. The van der Waals surface area contributed by atoms with Crippen LogP contribution < -0.4 is 4.74 Å². The third-order valence-electron chi connectivity index (χ3n) is 2.96. The quantitative estimate of drug-likeness (QED) is 0.554. The largest absolute Gasteiger partial charge is 0.403 e. The maximum atomic E-state index is 12.1. The van der Waals surface area contributed by atoms with Crippen molar-refractivity contribution in [2.75, 3.05) is 0 Å². The highest BCUT2D eigenvalue weighted by Gasteiger charge is 2.15. The number of ether oxygens (including phenoxy) is 1. The summed E-state index contributed by atoms with van der Waals surface area (Å²) in [5, 5.41) is 4.69. The molecule has 0 radical (unpaired) electrons. The number of fused-ring (bicyclic) bond motifs is 3. The van der Waals surface area contributed by atoms with Crippen LogP contribution in [-0.2, 0) is 0 Å². The van der Waals surface area contributed by atoms with E-state index < -0.39 is 5.97 Å². The molecular formula is C13H8N6O2. The van der Waals surface area contributed by atoms with Crippen molar-refractivity contribution in [1.29, 1.82) is 0 Å². The molecule has 8 heteroatoms. The smallest absolute Gasteiger partial charge is 0.361 e. The molecule has 0 spiro atoms. The molecule has 0 aliphatic carbocycles. The number of rotatable bonds is 2. The minimum Gasteiger partial charge on any atom is -0.403 e. The zero-order chi connectivity index (χ0) is 14.2. The highest BCUT2D eigenvalue weighted by molar-refractivity contribution is 5.98. The van der Waals surface area contributed by atoms with E-state index in [2.05, 4.69) is 25.0 Å². The van der Waals surface area contributed by atoms with Crippen LogP contribution >= 0.6 is 0 Å². The van der Waals surface area contributed by atoms with Crippen LogP contribution in [0.3, 0.4) is 0 Å². The molecule has 8 nitrogen and oxygen atoms in total. The van der Waals surface area contributed by atoms with E-state index in [0.29, 0.717) is 16.7 Å². The van der Waals surface area contributed by atoms with Crippen LogP contribution in [0.5, 0.6) is 5.88 Å². The number of hydrogen-bond acceptors (Lipinski definition) is 6. The van der Waals surface area contributed by atoms with Gasteiger partial charge in [-0.2, -0.15) is 5.10 Å². The Kier molecular flexibility index (Phi) is 2.40. The fraction of sp³-hybridized carbons (Fsp3) is 0. The van der Waals surface area contributed by atoms with Crippen LogP contribution in [0.15, 0.2) is 43.1 Å². The van der Waals surface area contributed by atoms with Crippen LogP contribution in [0, 0.1) is 0 Å². The van der Waals surface area contributed by atoms with Gasteiger partial charge in [-0.15, -0.1) is 0 Å². The Labute approximate surface area is 117 Å². The number of nitrogens with zero attached hydrogens (tertiary/aromatic N) is 5. The van der Waals surface area contributed by atoms with Gasteiger partial charge in [0.15, 0.2) is 5.65 Å². The number of hydrogen-bond donors (Lipinski definition) is 1. The van der Waals surface area contributed by atoms with E-state index in [1.807, 2.05) is 0 Å². The number of aromatic nitrogens is 6. The second-order valence-corrected chi connectivity index (χ2v) is 4.28. The predicted octanol–water partition coefficient (Wildman–Crippen LogP) is 1.22. The molecule has 4 heterocycles. The summed E-state index contributed by atoms with van der Waals surface area (Å²) in [5.74, 6) is -0.300. The van der Waals surface area contributed by atoms with Gasteiger partial charge in [0.05, 0.1) is 5.39 Å². The van der Waals surface area contributed by atoms with Crippen molar-refractivity contribution >= 4 is 22.6 Å². The summed E-state index contributed by atoms with van der Waals surface area (Å²) in [6.45, 7) is 0. The van der Waals surface area contributed by atoms with E-state index in [1.165, 1.54) is 17.2 Å². The summed E-state index contributed by atoms with van der Waals surface area (Å²) in [4.78, 5) is 27.2. The number of nitrogens with one attached hydrogen (secondary N) is 1. The van der Waals surface area contributed by atoms with Gasteiger partial charge in [0, 0.05) is 12.3 Å². The Morgan fingerprint density at radius 3 is 3.05 bits per heavy atom. The number of carbonyl (C=O) groups is 1. The Bertz CT molecular complexity index is 943. The highest BCUT2D eigenvalue weighted by atomic mass is 16.5. The molecular weight excluding hydrogens is 272 g/mol. The van der Waals surface area contributed by atoms with Crippen molar-refractivity contribution in [3.8, 4) is 5.88 Å². The van der Waals surface area contributed by atoms with Crippen molar-refractivity contribution < 1.29 is 9.53 Å². The molecule has 0 fully saturated rings. The zero-order valence-electron chi connectivity index (χ0n) is 10.6. The number of pyridine rings is 1. The molecule has 4 rings (SSSR count). The fourth-order valence-electron chi connectivity index (χ4n) is 2.02. The van der Waals surface area contributed by atoms with E-state index >= 15 is 0 Å². The minimum atomic E-state index is -0.538. The normalized spacial score (nSPS) is 11.0. The van der Waals surface area contributed by atoms with Gasteiger partial charge in [0.1, 0.15) is 24.0 Å². The third kappa shape index (κ3) is 1.89. The van der Waals surface area contributed by atoms with Gasteiger partial charge in [0.2, 0.25) is 5.88 Å². The molecule has 4 aromatic rings. The van der Waals surface area contributed by atoms with Gasteiger partial charge in [-0.1, -0.05) is 6.07 Å². The number of aromatic amines is 1. The topological polar surface area (TPSA) is 98.1 Å². The highest BCUT2D eigenvalue weighted by Crippen LogP contribution is 2.18. The first-order chi connectivity index (χ1) is 10.3. The Morgan fingerprint density at radius 1 is 1.24 bits per heavy atom.